The SMILES string of the molecule is C[CH2][Ti]([NH2])[CH2]C. The average molecular weight is 122 g/mol. The molecule has 0 unspecified atom stereocenters. The molecule has 0 aromatic carbocycles. The van der Waals surface area contributed by atoms with Crippen molar-refractivity contribution in [1.29, 1.82) is 0 Å². The van der Waals surface area contributed by atoms with Gasteiger partial charge in [-0.05, 0) is 0 Å². The summed E-state index contributed by atoms with van der Waals surface area (Å²) in [5, 5.41) is 0. The molecule has 0 aromatic heterocycles. The van der Waals surface area contributed by atoms with Crippen molar-refractivity contribution in [2.75, 3.05) is 0 Å². The van der Waals surface area contributed by atoms with E-state index < -0.39 is 18.1 Å². The predicted octanol–water partition coefficient (Wildman–Crippen LogP) is 1.35. The van der Waals surface area contributed by atoms with Gasteiger partial charge in [-0.15, -0.1) is 0 Å². The second-order valence-electron chi connectivity index (χ2n) is 1.37. The van der Waals surface area contributed by atoms with E-state index in [0.717, 1.165) is 0 Å². The molecule has 0 aliphatic heterocycles. The zero-order chi connectivity index (χ0) is 4.99. The molecule has 6 heavy (non-hydrogen) atoms. The Morgan fingerprint density at radius 1 is 1.33 bits per heavy atom. The summed E-state index contributed by atoms with van der Waals surface area (Å²) in [6, 6.07) is 0. The Labute approximate surface area is 46.1 Å². The van der Waals surface area contributed by atoms with Crippen molar-refractivity contribution in [3.8, 4) is 0 Å². The van der Waals surface area contributed by atoms with E-state index in [0.29, 0.717) is 0 Å². The van der Waals surface area contributed by atoms with E-state index in [2.05, 4.69) is 13.8 Å². The van der Waals surface area contributed by atoms with Gasteiger partial charge in [-0.1, -0.05) is 0 Å². The molecule has 0 aromatic rings. The summed E-state index contributed by atoms with van der Waals surface area (Å²) in [6.45, 7) is 4.36. The Morgan fingerprint density at radius 2 is 1.67 bits per heavy atom. The van der Waals surface area contributed by atoms with Crippen molar-refractivity contribution in [3.05, 3.63) is 0 Å². The Balaban J connectivity index is 2.75. The molecule has 37 valence electrons. The van der Waals surface area contributed by atoms with Crippen LogP contribution in [0.25, 0.3) is 0 Å². The minimum atomic E-state index is -0.880. The number of hydrogen-bond donors (Lipinski definition) is 1. The van der Waals surface area contributed by atoms with Crippen molar-refractivity contribution in [2.45, 2.75) is 23.3 Å². The number of rotatable bonds is 2. The van der Waals surface area contributed by atoms with Crippen LogP contribution in [-0.4, -0.2) is 0 Å². The van der Waals surface area contributed by atoms with E-state index in [1.165, 1.54) is 9.45 Å². The van der Waals surface area contributed by atoms with Gasteiger partial charge in [0.1, 0.15) is 0 Å². The van der Waals surface area contributed by atoms with Crippen molar-refractivity contribution in [2.24, 2.45) is 4.22 Å². The molecule has 0 fully saturated rings. The fourth-order valence-corrected chi connectivity index (χ4v) is 1.03. The van der Waals surface area contributed by atoms with E-state index in [1.807, 2.05) is 0 Å². The molecule has 0 rings (SSSR count). The topological polar surface area (TPSA) is 26.0 Å². The van der Waals surface area contributed by atoms with E-state index >= 15 is 0 Å². The quantitative estimate of drug-likeness (QED) is 0.549. The van der Waals surface area contributed by atoms with Gasteiger partial charge in [-0.3, -0.25) is 0 Å². The molecular formula is C4H12NTi. The molecule has 2 heteroatoms. The van der Waals surface area contributed by atoms with Crippen LogP contribution in [0.3, 0.4) is 0 Å². The Kier molecular flexibility index (Phi) is 4.28. The van der Waals surface area contributed by atoms with Gasteiger partial charge in [0.05, 0.1) is 0 Å². The third kappa shape index (κ3) is 2.89. The van der Waals surface area contributed by atoms with Crippen LogP contribution in [0, 0.1) is 0 Å². The Hall–Kier alpha value is 0.674. The van der Waals surface area contributed by atoms with Gasteiger partial charge in [-0.25, -0.2) is 0 Å². The maximum absolute atomic E-state index is 5.64. The molecule has 0 bridgehead atoms. The first kappa shape index (κ1) is 6.67. The molecule has 0 spiro atoms. The van der Waals surface area contributed by atoms with E-state index in [9.17, 15) is 0 Å². The second-order valence-corrected chi connectivity index (χ2v) is 5.63. The number of hydrogen-bond acceptors (Lipinski definition) is 1. The average Bonchev–Trinajstić information content (AvgIpc) is 1.65. The van der Waals surface area contributed by atoms with Crippen molar-refractivity contribution >= 4 is 0 Å². The van der Waals surface area contributed by atoms with Crippen molar-refractivity contribution in [3.63, 3.8) is 0 Å². The summed E-state index contributed by atoms with van der Waals surface area (Å²) < 4.78 is 8.19. The maximum atomic E-state index is 5.64. The molecule has 0 saturated heterocycles. The molecule has 1 nitrogen and oxygen atoms in total. The molecule has 2 N–H and O–H groups in total. The Morgan fingerprint density at radius 3 is 1.67 bits per heavy atom. The van der Waals surface area contributed by atoms with Gasteiger partial charge in [-0.2, -0.15) is 0 Å². The van der Waals surface area contributed by atoms with E-state index in [-0.39, 0.29) is 0 Å². The van der Waals surface area contributed by atoms with E-state index in [4.69, 9.17) is 4.22 Å². The standard InChI is InChI=1S/2C2H5.H2N.Ti/c2*1-2;;/h2*1H2,2H3;1H2;/q;;-1;+1. The fraction of sp³-hybridized carbons (Fsp3) is 1.00. The zero-order valence-corrected chi connectivity index (χ0v) is 6.05. The van der Waals surface area contributed by atoms with Gasteiger partial charge in [0, 0.05) is 0 Å². The first-order valence-electron chi connectivity index (χ1n) is 2.41. The molecule has 0 radical (unpaired) electrons. The number of nitrogens with two attached hydrogens (primary N) is 1. The van der Waals surface area contributed by atoms with Crippen LogP contribution in [0.2, 0.25) is 9.45 Å². The van der Waals surface area contributed by atoms with Crippen molar-refractivity contribution in [1.82, 2.24) is 0 Å². The summed E-state index contributed by atoms with van der Waals surface area (Å²) in [5.41, 5.74) is 0. The zero-order valence-electron chi connectivity index (χ0n) is 4.49. The third-order valence-electron chi connectivity index (χ3n) is 0.908. The summed E-state index contributed by atoms with van der Waals surface area (Å²) in [5.74, 6) is 0. The van der Waals surface area contributed by atoms with Crippen LogP contribution in [0.4, 0.5) is 0 Å². The molecule has 0 saturated carbocycles. The van der Waals surface area contributed by atoms with Gasteiger partial charge in [0.25, 0.3) is 0 Å². The van der Waals surface area contributed by atoms with Gasteiger partial charge < -0.3 is 0 Å². The third-order valence-corrected chi connectivity index (χ3v) is 3.74. The van der Waals surface area contributed by atoms with Gasteiger partial charge in [0.2, 0.25) is 0 Å². The molecule has 0 aliphatic rings. The summed E-state index contributed by atoms with van der Waals surface area (Å²) >= 11 is -0.880. The van der Waals surface area contributed by atoms with Crippen LogP contribution >= 0.6 is 0 Å². The molecule has 0 heterocycles. The van der Waals surface area contributed by atoms with Crippen LogP contribution in [0.15, 0.2) is 0 Å². The fourth-order valence-electron chi connectivity index (χ4n) is 0.250. The molecule has 0 aliphatic carbocycles. The monoisotopic (exact) mass is 122 g/mol. The van der Waals surface area contributed by atoms with E-state index in [1.54, 1.807) is 0 Å². The van der Waals surface area contributed by atoms with Gasteiger partial charge in [0.15, 0.2) is 0 Å². The molecule has 0 amide bonds. The van der Waals surface area contributed by atoms with Crippen molar-refractivity contribution < 1.29 is 18.1 Å². The minimum absolute atomic E-state index is 0.880. The molecule has 0 atom stereocenters. The summed E-state index contributed by atoms with van der Waals surface area (Å²) in [6.07, 6.45) is 0. The van der Waals surface area contributed by atoms with Crippen LogP contribution in [0.5, 0.6) is 0 Å². The Bertz CT molecular complexity index is 26.7. The first-order chi connectivity index (χ1) is 2.81. The predicted molar refractivity (Wildman–Crippen MR) is 25.1 cm³/mol. The van der Waals surface area contributed by atoms with Gasteiger partial charge >= 0.3 is 45.6 Å². The van der Waals surface area contributed by atoms with Crippen LogP contribution < -0.4 is 4.22 Å². The summed E-state index contributed by atoms with van der Waals surface area (Å²) in [7, 11) is 0. The summed E-state index contributed by atoms with van der Waals surface area (Å²) in [4.78, 5) is 0. The van der Waals surface area contributed by atoms with Crippen LogP contribution in [0.1, 0.15) is 13.8 Å². The normalized spacial score (nSPS) is 8.50. The first-order valence-corrected chi connectivity index (χ1v) is 5.52. The van der Waals surface area contributed by atoms with Crippen LogP contribution in [-0.2, 0) is 18.1 Å². The molecular weight excluding hydrogens is 110 g/mol. The second kappa shape index (κ2) is 3.85.